The van der Waals surface area contributed by atoms with Crippen LogP contribution < -0.4 is 5.73 Å². The monoisotopic (exact) mass is 427 g/mol. The molecule has 4 N–H and O–H groups in total. The van der Waals surface area contributed by atoms with Crippen molar-refractivity contribution in [3.05, 3.63) is 65.5 Å². The van der Waals surface area contributed by atoms with Crippen LogP contribution in [0.2, 0.25) is 0 Å². The van der Waals surface area contributed by atoms with Crippen LogP contribution in [0.1, 0.15) is 0 Å². The number of halogens is 1. The molecule has 0 radical (unpaired) electrons. The maximum Gasteiger partial charge on any atom is 0.178 e. The van der Waals surface area contributed by atoms with Crippen LogP contribution in [0.3, 0.4) is 0 Å². The van der Waals surface area contributed by atoms with Gasteiger partial charge in [-0.05, 0) is 40.6 Å². The molecule has 0 aliphatic carbocycles. The van der Waals surface area contributed by atoms with E-state index in [2.05, 4.69) is 41.6 Å². The SMILES string of the molecule is Nc1cncc(-c2cc3c(-c4nc5nccc(-c6ccsc6)c5[nH]4)n[nH]c3cc2F)c1. The van der Waals surface area contributed by atoms with Gasteiger partial charge in [-0.1, -0.05) is 0 Å². The van der Waals surface area contributed by atoms with E-state index in [-0.39, 0.29) is 5.82 Å². The number of fused-ring (bicyclic) bond motifs is 2. The van der Waals surface area contributed by atoms with Crippen molar-refractivity contribution in [2.75, 3.05) is 5.73 Å². The van der Waals surface area contributed by atoms with E-state index in [1.54, 1.807) is 35.9 Å². The highest BCUT2D eigenvalue weighted by Gasteiger charge is 2.18. The van der Waals surface area contributed by atoms with E-state index >= 15 is 0 Å². The summed E-state index contributed by atoms with van der Waals surface area (Å²) >= 11 is 1.63. The molecule has 0 aliphatic heterocycles. The van der Waals surface area contributed by atoms with Gasteiger partial charge in [0.2, 0.25) is 0 Å². The predicted octanol–water partition coefficient (Wildman–Crippen LogP) is 5.01. The van der Waals surface area contributed by atoms with Crippen molar-refractivity contribution >= 4 is 39.1 Å². The number of hydrogen-bond acceptors (Lipinski definition) is 6. The predicted molar refractivity (Wildman–Crippen MR) is 120 cm³/mol. The minimum absolute atomic E-state index is 0.388. The van der Waals surface area contributed by atoms with Crippen molar-refractivity contribution in [1.82, 2.24) is 30.1 Å². The second-order valence-corrected chi connectivity index (χ2v) is 7.89. The lowest BCUT2D eigenvalue weighted by Gasteiger charge is -2.05. The number of imidazole rings is 1. The Morgan fingerprint density at radius 1 is 1.03 bits per heavy atom. The maximum atomic E-state index is 14.8. The summed E-state index contributed by atoms with van der Waals surface area (Å²) < 4.78 is 14.8. The minimum atomic E-state index is -0.388. The lowest BCUT2D eigenvalue weighted by Crippen LogP contribution is -1.90. The molecule has 5 aromatic heterocycles. The second kappa shape index (κ2) is 6.71. The number of nitrogens with two attached hydrogens (primary N) is 1. The molecule has 6 rings (SSSR count). The van der Waals surface area contributed by atoms with E-state index < -0.39 is 0 Å². The van der Waals surface area contributed by atoms with Crippen molar-refractivity contribution < 1.29 is 4.39 Å². The Balaban J connectivity index is 1.54. The number of hydrogen-bond donors (Lipinski definition) is 3. The van der Waals surface area contributed by atoms with Gasteiger partial charge in [-0.3, -0.25) is 10.1 Å². The number of thiophene rings is 1. The molecule has 31 heavy (non-hydrogen) atoms. The lowest BCUT2D eigenvalue weighted by atomic mass is 10.0. The molecule has 0 amide bonds. The molecule has 0 saturated heterocycles. The molecule has 9 heteroatoms. The summed E-state index contributed by atoms with van der Waals surface area (Å²) in [7, 11) is 0. The molecule has 0 spiro atoms. The molecule has 0 atom stereocenters. The Morgan fingerprint density at radius 2 is 1.97 bits per heavy atom. The highest BCUT2D eigenvalue weighted by atomic mass is 32.1. The Morgan fingerprint density at radius 3 is 2.81 bits per heavy atom. The number of H-pyrrole nitrogens is 2. The summed E-state index contributed by atoms with van der Waals surface area (Å²) in [5, 5.41) is 12.1. The second-order valence-electron chi connectivity index (χ2n) is 7.11. The molecule has 7 nitrogen and oxygen atoms in total. The summed E-state index contributed by atoms with van der Waals surface area (Å²) in [6.45, 7) is 0. The first-order chi connectivity index (χ1) is 15.2. The van der Waals surface area contributed by atoms with Crippen molar-refractivity contribution in [1.29, 1.82) is 0 Å². The number of benzene rings is 1. The molecule has 150 valence electrons. The fraction of sp³-hybridized carbons (Fsp3) is 0. The number of nitrogens with zero attached hydrogens (tertiary/aromatic N) is 4. The molecular formula is C22H14FN7S. The van der Waals surface area contributed by atoms with Crippen molar-refractivity contribution in [3.8, 4) is 33.8 Å². The average Bonchev–Trinajstić information content (AvgIpc) is 3.51. The first kappa shape index (κ1) is 17.7. The van der Waals surface area contributed by atoms with E-state index in [1.807, 2.05) is 11.4 Å². The smallest absolute Gasteiger partial charge is 0.178 e. The van der Waals surface area contributed by atoms with Crippen LogP contribution in [0, 0.1) is 5.82 Å². The van der Waals surface area contributed by atoms with Crippen molar-refractivity contribution in [2.24, 2.45) is 0 Å². The van der Waals surface area contributed by atoms with Gasteiger partial charge in [0.1, 0.15) is 11.5 Å². The summed E-state index contributed by atoms with van der Waals surface area (Å²) in [5.74, 6) is 0.167. The Bertz CT molecular complexity index is 1570. The molecule has 0 bridgehead atoms. The van der Waals surface area contributed by atoms with Gasteiger partial charge in [0.25, 0.3) is 0 Å². The van der Waals surface area contributed by atoms with E-state index in [9.17, 15) is 4.39 Å². The Kier molecular flexibility index (Phi) is 3.84. The number of anilines is 1. The number of nitrogens with one attached hydrogen (secondary N) is 2. The van der Waals surface area contributed by atoms with E-state index in [4.69, 9.17) is 5.73 Å². The minimum Gasteiger partial charge on any atom is -0.397 e. The quantitative estimate of drug-likeness (QED) is 0.368. The zero-order chi connectivity index (χ0) is 20.9. The maximum absolute atomic E-state index is 14.8. The third kappa shape index (κ3) is 2.86. The standard InChI is InChI=1S/C22H14FN7S/c23-17-7-18-16(6-15(17)12-5-13(24)9-25-8-12)20(30-29-18)22-27-19-14(11-2-4-31-10-11)1-3-26-21(19)28-22/h1-10H,24H2,(H,29,30)(H,26,27,28). The zero-order valence-electron chi connectivity index (χ0n) is 15.9. The first-order valence-corrected chi connectivity index (χ1v) is 10.4. The number of aromatic nitrogens is 6. The summed E-state index contributed by atoms with van der Waals surface area (Å²) in [6, 6.07) is 8.85. The van der Waals surface area contributed by atoms with Crippen LogP contribution in [-0.4, -0.2) is 30.1 Å². The van der Waals surface area contributed by atoms with Gasteiger partial charge in [-0.25, -0.2) is 14.4 Å². The van der Waals surface area contributed by atoms with Crippen LogP contribution in [0.25, 0.3) is 55.8 Å². The van der Waals surface area contributed by atoms with Crippen LogP contribution in [0.4, 0.5) is 10.1 Å². The number of nitrogen functional groups attached to an aromatic ring is 1. The molecule has 6 aromatic rings. The van der Waals surface area contributed by atoms with Gasteiger partial charge in [0.05, 0.1) is 16.7 Å². The number of pyridine rings is 2. The largest absolute Gasteiger partial charge is 0.397 e. The number of aromatic amines is 2. The van der Waals surface area contributed by atoms with Gasteiger partial charge < -0.3 is 10.7 Å². The molecule has 0 aliphatic rings. The highest BCUT2D eigenvalue weighted by molar-refractivity contribution is 7.08. The third-order valence-corrected chi connectivity index (χ3v) is 5.85. The average molecular weight is 427 g/mol. The van der Waals surface area contributed by atoms with Gasteiger partial charge >= 0.3 is 0 Å². The van der Waals surface area contributed by atoms with Crippen molar-refractivity contribution in [2.45, 2.75) is 0 Å². The lowest BCUT2D eigenvalue weighted by molar-refractivity contribution is 0.633. The first-order valence-electron chi connectivity index (χ1n) is 9.43. The topological polar surface area (TPSA) is 109 Å². The zero-order valence-corrected chi connectivity index (χ0v) is 16.7. The fourth-order valence-corrected chi connectivity index (χ4v) is 4.38. The molecule has 0 saturated carbocycles. The van der Waals surface area contributed by atoms with Gasteiger partial charge in [-0.2, -0.15) is 16.4 Å². The Labute approximate surface area is 178 Å². The van der Waals surface area contributed by atoms with Gasteiger partial charge in [-0.15, -0.1) is 0 Å². The van der Waals surface area contributed by atoms with Gasteiger partial charge in [0.15, 0.2) is 11.5 Å². The molecule has 0 fully saturated rings. The van der Waals surface area contributed by atoms with E-state index in [1.165, 1.54) is 12.3 Å². The van der Waals surface area contributed by atoms with Crippen LogP contribution >= 0.6 is 11.3 Å². The summed E-state index contributed by atoms with van der Waals surface area (Å²) in [6.07, 6.45) is 4.84. The van der Waals surface area contributed by atoms with E-state index in [0.29, 0.717) is 39.5 Å². The van der Waals surface area contributed by atoms with E-state index in [0.717, 1.165) is 22.0 Å². The van der Waals surface area contributed by atoms with Crippen LogP contribution in [-0.2, 0) is 0 Å². The molecule has 0 unspecified atom stereocenters. The Hall–Kier alpha value is -4.11. The molecule has 5 heterocycles. The third-order valence-electron chi connectivity index (χ3n) is 5.17. The molecular weight excluding hydrogens is 413 g/mol. The summed E-state index contributed by atoms with van der Waals surface area (Å²) in [5.41, 5.74) is 12.0. The van der Waals surface area contributed by atoms with Crippen LogP contribution in [0.15, 0.2) is 59.7 Å². The van der Waals surface area contributed by atoms with Gasteiger partial charge in [0, 0.05) is 46.7 Å². The summed E-state index contributed by atoms with van der Waals surface area (Å²) in [4.78, 5) is 16.5. The van der Waals surface area contributed by atoms with Crippen molar-refractivity contribution in [3.63, 3.8) is 0 Å². The molecule has 1 aromatic carbocycles. The fourth-order valence-electron chi connectivity index (χ4n) is 3.73. The number of rotatable bonds is 3. The highest BCUT2D eigenvalue weighted by Crippen LogP contribution is 2.34. The van der Waals surface area contributed by atoms with Crippen LogP contribution in [0.5, 0.6) is 0 Å². The normalized spacial score (nSPS) is 11.5.